The summed E-state index contributed by atoms with van der Waals surface area (Å²) >= 11 is 0. The van der Waals surface area contributed by atoms with Crippen molar-refractivity contribution in [2.45, 2.75) is 19.8 Å². The van der Waals surface area contributed by atoms with E-state index < -0.39 is 0 Å². The first-order valence-electron chi connectivity index (χ1n) is 4.80. The molecular weight excluding hydrogens is 196 g/mol. The van der Waals surface area contributed by atoms with Crippen molar-refractivity contribution in [1.29, 1.82) is 0 Å². The van der Waals surface area contributed by atoms with Gasteiger partial charge in [0.25, 0.3) is 0 Å². The van der Waals surface area contributed by atoms with Crippen LogP contribution in [-0.2, 0) is 16.0 Å². The van der Waals surface area contributed by atoms with E-state index in [9.17, 15) is 15.0 Å². The monoisotopic (exact) mass is 210 g/mol. The number of hydrogen-bond acceptors (Lipinski definition) is 4. The summed E-state index contributed by atoms with van der Waals surface area (Å²) in [5.74, 6) is -0.149. The van der Waals surface area contributed by atoms with Crippen molar-refractivity contribution in [3.63, 3.8) is 0 Å². The Morgan fingerprint density at radius 2 is 2.13 bits per heavy atom. The predicted octanol–water partition coefficient (Wildman–Crippen LogP) is 1.59. The zero-order valence-electron chi connectivity index (χ0n) is 8.56. The van der Waals surface area contributed by atoms with Gasteiger partial charge in [-0.05, 0) is 37.1 Å². The maximum Gasteiger partial charge on any atom is 0.306 e. The van der Waals surface area contributed by atoms with Gasteiger partial charge in [-0.1, -0.05) is 0 Å². The molecule has 15 heavy (non-hydrogen) atoms. The van der Waals surface area contributed by atoms with Crippen LogP contribution in [0.15, 0.2) is 18.2 Å². The lowest BCUT2D eigenvalue weighted by Gasteiger charge is -2.04. The van der Waals surface area contributed by atoms with E-state index in [0.29, 0.717) is 18.6 Å². The predicted molar refractivity (Wildman–Crippen MR) is 54.7 cm³/mol. The Bertz CT molecular complexity index is 346. The Morgan fingerprint density at radius 3 is 2.80 bits per heavy atom. The van der Waals surface area contributed by atoms with Gasteiger partial charge in [0.2, 0.25) is 0 Å². The smallest absolute Gasteiger partial charge is 0.306 e. The number of hydrogen-bond donors (Lipinski definition) is 2. The molecule has 0 aliphatic carbocycles. The van der Waals surface area contributed by atoms with E-state index in [1.165, 1.54) is 18.2 Å². The van der Waals surface area contributed by atoms with Crippen LogP contribution in [-0.4, -0.2) is 22.8 Å². The van der Waals surface area contributed by atoms with E-state index in [0.717, 1.165) is 0 Å². The first-order chi connectivity index (χ1) is 7.13. The van der Waals surface area contributed by atoms with Crippen LogP contribution >= 0.6 is 0 Å². The summed E-state index contributed by atoms with van der Waals surface area (Å²) in [5, 5.41) is 18.6. The number of carbonyl (C=O) groups excluding carboxylic acids is 1. The quantitative estimate of drug-likeness (QED) is 0.585. The molecule has 0 bridgehead atoms. The van der Waals surface area contributed by atoms with Crippen LogP contribution < -0.4 is 0 Å². The third-order valence-corrected chi connectivity index (χ3v) is 1.97. The van der Waals surface area contributed by atoms with Crippen molar-refractivity contribution >= 4 is 5.97 Å². The highest BCUT2D eigenvalue weighted by Gasteiger charge is 2.06. The van der Waals surface area contributed by atoms with E-state index in [2.05, 4.69) is 0 Å². The molecule has 4 heteroatoms. The summed E-state index contributed by atoms with van der Waals surface area (Å²) in [6.45, 7) is 2.09. The summed E-state index contributed by atoms with van der Waals surface area (Å²) < 4.78 is 4.75. The van der Waals surface area contributed by atoms with Gasteiger partial charge in [0, 0.05) is 6.42 Å². The zero-order chi connectivity index (χ0) is 11.3. The molecule has 1 aromatic rings. The summed E-state index contributed by atoms with van der Waals surface area (Å²) in [5.41, 5.74) is 0.544. The Hall–Kier alpha value is -1.71. The van der Waals surface area contributed by atoms with Crippen molar-refractivity contribution in [2.24, 2.45) is 0 Å². The molecule has 82 valence electrons. The van der Waals surface area contributed by atoms with Gasteiger partial charge in [0.1, 0.15) is 11.5 Å². The third-order valence-electron chi connectivity index (χ3n) is 1.97. The molecule has 1 aromatic carbocycles. The molecule has 0 radical (unpaired) electrons. The van der Waals surface area contributed by atoms with Crippen molar-refractivity contribution < 1.29 is 19.7 Å². The molecule has 0 aliphatic heterocycles. The van der Waals surface area contributed by atoms with Gasteiger partial charge in [-0.3, -0.25) is 4.79 Å². The molecule has 0 saturated carbocycles. The second kappa shape index (κ2) is 5.24. The summed E-state index contributed by atoms with van der Waals surface area (Å²) in [4.78, 5) is 11.0. The number of benzene rings is 1. The van der Waals surface area contributed by atoms with Gasteiger partial charge in [0.15, 0.2) is 0 Å². The Morgan fingerprint density at radius 1 is 1.40 bits per heavy atom. The number of aromatic hydroxyl groups is 2. The minimum atomic E-state index is -0.305. The molecule has 0 aromatic heterocycles. The van der Waals surface area contributed by atoms with Crippen LogP contribution in [0.4, 0.5) is 0 Å². The summed E-state index contributed by atoms with van der Waals surface area (Å²) in [7, 11) is 0. The fourth-order valence-corrected chi connectivity index (χ4v) is 1.24. The lowest BCUT2D eigenvalue weighted by Crippen LogP contribution is -2.05. The molecule has 0 aliphatic rings. The maximum atomic E-state index is 11.0. The van der Waals surface area contributed by atoms with Crippen LogP contribution in [0.1, 0.15) is 18.9 Å². The number of aryl methyl sites for hydroxylation is 1. The molecule has 0 atom stereocenters. The summed E-state index contributed by atoms with van der Waals surface area (Å²) in [6.07, 6.45) is 0.559. The normalized spacial score (nSPS) is 9.93. The van der Waals surface area contributed by atoms with Crippen LogP contribution in [0.2, 0.25) is 0 Å². The van der Waals surface area contributed by atoms with Crippen molar-refractivity contribution in [3.8, 4) is 11.5 Å². The largest absolute Gasteiger partial charge is 0.508 e. The third kappa shape index (κ3) is 3.50. The second-order valence-electron chi connectivity index (χ2n) is 3.12. The van der Waals surface area contributed by atoms with Gasteiger partial charge in [-0.25, -0.2) is 0 Å². The van der Waals surface area contributed by atoms with E-state index in [-0.39, 0.29) is 23.9 Å². The molecule has 0 heterocycles. The number of ether oxygens (including phenoxy) is 1. The number of esters is 1. The van der Waals surface area contributed by atoms with Crippen molar-refractivity contribution in [1.82, 2.24) is 0 Å². The van der Waals surface area contributed by atoms with Crippen LogP contribution in [0.3, 0.4) is 0 Å². The highest BCUT2D eigenvalue weighted by Crippen LogP contribution is 2.23. The number of phenols is 2. The number of rotatable bonds is 4. The number of carbonyl (C=O) groups is 1. The lowest BCUT2D eigenvalue weighted by molar-refractivity contribution is -0.143. The fourth-order valence-electron chi connectivity index (χ4n) is 1.24. The molecule has 1 rings (SSSR count). The SMILES string of the molecule is CCOC(=O)CCc1cc(O)ccc1O. The van der Waals surface area contributed by atoms with E-state index in [4.69, 9.17) is 4.74 Å². The van der Waals surface area contributed by atoms with Gasteiger partial charge in [0.05, 0.1) is 6.61 Å². The van der Waals surface area contributed by atoms with Crippen LogP contribution in [0.5, 0.6) is 11.5 Å². The van der Waals surface area contributed by atoms with Gasteiger partial charge in [-0.2, -0.15) is 0 Å². The summed E-state index contributed by atoms with van der Waals surface area (Å²) in [6, 6.07) is 4.23. The first-order valence-corrected chi connectivity index (χ1v) is 4.80. The topological polar surface area (TPSA) is 66.8 Å². The first kappa shape index (κ1) is 11.4. The second-order valence-corrected chi connectivity index (χ2v) is 3.12. The minimum Gasteiger partial charge on any atom is -0.508 e. The maximum absolute atomic E-state index is 11.0. The molecule has 4 nitrogen and oxygen atoms in total. The Labute approximate surface area is 88.1 Å². The molecule has 2 N–H and O–H groups in total. The van der Waals surface area contributed by atoms with E-state index in [1.807, 2.05) is 0 Å². The number of phenolic OH excluding ortho intramolecular Hbond substituents is 2. The molecule has 0 fully saturated rings. The van der Waals surface area contributed by atoms with Gasteiger partial charge < -0.3 is 14.9 Å². The molecule has 0 amide bonds. The molecule has 0 saturated heterocycles. The van der Waals surface area contributed by atoms with Crippen LogP contribution in [0.25, 0.3) is 0 Å². The van der Waals surface area contributed by atoms with Gasteiger partial charge in [-0.15, -0.1) is 0 Å². The van der Waals surface area contributed by atoms with Crippen molar-refractivity contribution in [2.75, 3.05) is 6.61 Å². The van der Waals surface area contributed by atoms with E-state index >= 15 is 0 Å². The van der Waals surface area contributed by atoms with Gasteiger partial charge >= 0.3 is 5.97 Å². The van der Waals surface area contributed by atoms with E-state index in [1.54, 1.807) is 6.92 Å². The Kier molecular flexibility index (Phi) is 3.97. The average molecular weight is 210 g/mol. The van der Waals surface area contributed by atoms with Crippen molar-refractivity contribution in [3.05, 3.63) is 23.8 Å². The fraction of sp³-hybridized carbons (Fsp3) is 0.364. The standard InChI is InChI=1S/C11H14O4/c1-2-15-11(14)6-3-8-7-9(12)4-5-10(8)13/h4-5,7,12-13H,2-3,6H2,1H3. The average Bonchev–Trinajstić information content (AvgIpc) is 2.20. The minimum absolute atomic E-state index is 0.0756. The van der Waals surface area contributed by atoms with Crippen LogP contribution in [0, 0.1) is 0 Å². The molecular formula is C11H14O4. The zero-order valence-corrected chi connectivity index (χ0v) is 8.56. The lowest BCUT2D eigenvalue weighted by atomic mass is 10.1. The highest BCUT2D eigenvalue weighted by molar-refractivity contribution is 5.69. The molecule has 0 spiro atoms. The highest BCUT2D eigenvalue weighted by atomic mass is 16.5. The molecule has 0 unspecified atom stereocenters. The Balaban J connectivity index is 2.57.